The molecule has 0 fully saturated rings. The first-order valence-corrected chi connectivity index (χ1v) is 10.7. The van der Waals surface area contributed by atoms with E-state index in [1.54, 1.807) is 24.1 Å². The number of nitrogens with zero attached hydrogens (tertiary/aromatic N) is 1. The Hall–Kier alpha value is -2.53. The average molecular weight is 431 g/mol. The van der Waals surface area contributed by atoms with Crippen molar-refractivity contribution in [1.29, 1.82) is 0 Å². The van der Waals surface area contributed by atoms with E-state index in [-0.39, 0.29) is 24.3 Å². The lowest BCUT2D eigenvalue weighted by Crippen LogP contribution is -2.51. The van der Waals surface area contributed by atoms with Crippen molar-refractivity contribution in [2.75, 3.05) is 7.11 Å². The summed E-state index contributed by atoms with van der Waals surface area (Å²) in [6.07, 6.45) is 1.57. The molecule has 2 aromatic carbocycles. The molecule has 0 unspecified atom stereocenters. The number of hydrogen-bond acceptors (Lipinski definition) is 3. The first kappa shape index (κ1) is 23.7. The molecule has 0 saturated carbocycles. The van der Waals surface area contributed by atoms with Gasteiger partial charge in [-0.2, -0.15) is 0 Å². The molecule has 0 bridgehead atoms. The maximum absolute atomic E-state index is 13.3. The third-order valence-electron chi connectivity index (χ3n) is 5.17. The van der Waals surface area contributed by atoms with Gasteiger partial charge in [-0.15, -0.1) is 0 Å². The largest absolute Gasteiger partial charge is 0.497 e. The van der Waals surface area contributed by atoms with E-state index in [0.717, 1.165) is 23.3 Å². The lowest BCUT2D eigenvalue weighted by Gasteiger charge is -2.31. The fourth-order valence-corrected chi connectivity index (χ4v) is 3.29. The van der Waals surface area contributed by atoms with Gasteiger partial charge in [0.2, 0.25) is 11.8 Å². The molecule has 0 aromatic heterocycles. The maximum Gasteiger partial charge on any atom is 0.243 e. The van der Waals surface area contributed by atoms with Gasteiger partial charge >= 0.3 is 0 Å². The van der Waals surface area contributed by atoms with Crippen molar-refractivity contribution < 1.29 is 14.3 Å². The first-order valence-electron chi connectivity index (χ1n) is 10.3. The molecule has 0 saturated heterocycles. The molecule has 1 N–H and O–H groups in total. The summed E-state index contributed by atoms with van der Waals surface area (Å²) in [4.78, 5) is 27.9. The second-order valence-electron chi connectivity index (χ2n) is 7.41. The van der Waals surface area contributed by atoms with Crippen LogP contribution in [0, 0.1) is 0 Å². The summed E-state index contributed by atoms with van der Waals surface area (Å²) in [5.41, 5.74) is 1.80. The summed E-state index contributed by atoms with van der Waals surface area (Å²) in [6, 6.07) is 14.3. The third-order valence-corrected chi connectivity index (χ3v) is 5.42. The molecule has 2 rings (SSSR count). The van der Waals surface area contributed by atoms with Crippen molar-refractivity contribution in [1.82, 2.24) is 10.2 Å². The van der Waals surface area contributed by atoms with E-state index in [1.807, 2.05) is 57.2 Å². The second kappa shape index (κ2) is 11.6. The Morgan fingerprint density at radius 2 is 1.60 bits per heavy atom. The van der Waals surface area contributed by atoms with Crippen LogP contribution in [-0.2, 0) is 22.6 Å². The molecule has 5 nitrogen and oxygen atoms in total. The zero-order chi connectivity index (χ0) is 22.1. The first-order chi connectivity index (χ1) is 14.4. The Bertz CT molecular complexity index is 821. The van der Waals surface area contributed by atoms with Gasteiger partial charge in [0, 0.05) is 17.6 Å². The number of methoxy groups -OCH3 is 1. The van der Waals surface area contributed by atoms with Crippen LogP contribution in [0.15, 0.2) is 48.5 Å². The number of carbonyl (C=O) groups is 2. The summed E-state index contributed by atoms with van der Waals surface area (Å²) in [5, 5.41) is 3.65. The summed E-state index contributed by atoms with van der Waals surface area (Å²) >= 11 is 5.96. The third kappa shape index (κ3) is 6.77. The van der Waals surface area contributed by atoms with Crippen molar-refractivity contribution in [2.45, 2.75) is 58.7 Å². The molecule has 6 heteroatoms. The molecular weight excluding hydrogens is 400 g/mol. The lowest BCUT2D eigenvalue weighted by molar-refractivity contribution is -0.141. The fraction of sp³-hybridized carbons (Fsp3) is 0.417. The van der Waals surface area contributed by atoms with Crippen LogP contribution in [0.25, 0.3) is 0 Å². The van der Waals surface area contributed by atoms with Crippen molar-refractivity contribution >= 4 is 23.4 Å². The molecule has 2 amide bonds. The SMILES string of the molecule is CC[C@@H](C)NC(=O)[C@@H](CC)N(Cc1ccc(OC)cc1)C(=O)Cc1ccc(Cl)cc1. The smallest absolute Gasteiger partial charge is 0.243 e. The molecule has 0 heterocycles. The van der Waals surface area contributed by atoms with Crippen LogP contribution in [0.5, 0.6) is 5.75 Å². The number of hydrogen-bond donors (Lipinski definition) is 1. The van der Waals surface area contributed by atoms with Crippen LogP contribution < -0.4 is 10.1 Å². The molecule has 0 aliphatic carbocycles. The van der Waals surface area contributed by atoms with Gasteiger partial charge in [0.05, 0.1) is 13.5 Å². The van der Waals surface area contributed by atoms with Crippen molar-refractivity contribution in [3.8, 4) is 5.75 Å². The van der Waals surface area contributed by atoms with Crippen LogP contribution in [0.4, 0.5) is 0 Å². The molecule has 0 radical (unpaired) electrons. The highest BCUT2D eigenvalue weighted by atomic mass is 35.5. The number of rotatable bonds is 10. The van der Waals surface area contributed by atoms with Crippen molar-refractivity contribution in [3.05, 3.63) is 64.7 Å². The number of nitrogens with one attached hydrogen (secondary N) is 1. The molecule has 0 aliphatic heterocycles. The lowest BCUT2D eigenvalue weighted by atomic mass is 10.1. The van der Waals surface area contributed by atoms with Crippen LogP contribution >= 0.6 is 11.6 Å². The van der Waals surface area contributed by atoms with E-state index in [4.69, 9.17) is 16.3 Å². The predicted molar refractivity (Wildman–Crippen MR) is 121 cm³/mol. The van der Waals surface area contributed by atoms with E-state index in [9.17, 15) is 9.59 Å². The summed E-state index contributed by atoms with van der Waals surface area (Å²) in [5.74, 6) is 0.531. The standard InChI is InChI=1S/C24H31ClN2O3/c1-5-17(3)26-24(29)22(6-2)27(16-19-9-13-21(30-4)14-10-19)23(28)15-18-7-11-20(25)12-8-18/h7-14,17,22H,5-6,15-16H2,1-4H3,(H,26,29)/t17-,22-/m1/s1. The Morgan fingerprint density at radius 1 is 1.00 bits per heavy atom. The van der Waals surface area contributed by atoms with Crippen LogP contribution in [0.3, 0.4) is 0 Å². The van der Waals surface area contributed by atoms with Crippen LogP contribution in [-0.4, -0.2) is 35.9 Å². The number of ether oxygens (including phenoxy) is 1. The van der Waals surface area contributed by atoms with Crippen molar-refractivity contribution in [2.24, 2.45) is 0 Å². The van der Waals surface area contributed by atoms with Gasteiger partial charge in [-0.25, -0.2) is 0 Å². The second-order valence-corrected chi connectivity index (χ2v) is 7.85. The number of benzene rings is 2. The minimum absolute atomic E-state index is 0.0563. The quantitative estimate of drug-likeness (QED) is 0.598. The molecule has 2 aromatic rings. The monoisotopic (exact) mass is 430 g/mol. The van der Waals surface area contributed by atoms with E-state index in [0.29, 0.717) is 18.0 Å². The van der Waals surface area contributed by atoms with Gasteiger partial charge in [0.25, 0.3) is 0 Å². The molecule has 0 spiro atoms. The normalized spacial score (nSPS) is 12.7. The molecule has 2 atom stereocenters. The van der Waals surface area contributed by atoms with Crippen LogP contribution in [0.2, 0.25) is 5.02 Å². The zero-order valence-electron chi connectivity index (χ0n) is 18.2. The molecule has 30 heavy (non-hydrogen) atoms. The minimum Gasteiger partial charge on any atom is -0.497 e. The molecule has 162 valence electrons. The number of carbonyl (C=O) groups excluding carboxylic acids is 2. The summed E-state index contributed by atoms with van der Waals surface area (Å²) < 4.78 is 5.22. The highest BCUT2D eigenvalue weighted by Crippen LogP contribution is 2.18. The van der Waals surface area contributed by atoms with E-state index >= 15 is 0 Å². The van der Waals surface area contributed by atoms with Gasteiger partial charge in [0.15, 0.2) is 0 Å². The van der Waals surface area contributed by atoms with E-state index < -0.39 is 6.04 Å². The Morgan fingerprint density at radius 3 is 2.13 bits per heavy atom. The Balaban J connectivity index is 2.27. The average Bonchev–Trinajstić information content (AvgIpc) is 2.75. The fourth-order valence-electron chi connectivity index (χ4n) is 3.17. The predicted octanol–water partition coefficient (Wildman–Crippen LogP) is 4.61. The van der Waals surface area contributed by atoms with Gasteiger partial charge in [-0.05, 0) is 55.2 Å². The minimum atomic E-state index is -0.541. The topological polar surface area (TPSA) is 58.6 Å². The zero-order valence-corrected chi connectivity index (χ0v) is 18.9. The van der Waals surface area contributed by atoms with Gasteiger partial charge < -0.3 is 15.0 Å². The summed E-state index contributed by atoms with van der Waals surface area (Å²) in [6.45, 7) is 6.26. The number of amides is 2. The maximum atomic E-state index is 13.3. The Labute approximate surface area is 184 Å². The highest BCUT2D eigenvalue weighted by Gasteiger charge is 2.29. The summed E-state index contributed by atoms with van der Waals surface area (Å²) in [7, 11) is 1.61. The molecule has 0 aliphatic rings. The van der Waals surface area contributed by atoms with E-state index in [1.165, 1.54) is 0 Å². The molecular formula is C24H31ClN2O3. The van der Waals surface area contributed by atoms with Gasteiger partial charge in [-0.1, -0.05) is 49.7 Å². The van der Waals surface area contributed by atoms with Gasteiger partial charge in [-0.3, -0.25) is 9.59 Å². The highest BCUT2D eigenvalue weighted by molar-refractivity contribution is 6.30. The van der Waals surface area contributed by atoms with Crippen molar-refractivity contribution in [3.63, 3.8) is 0 Å². The Kier molecular flexibility index (Phi) is 9.18. The van der Waals surface area contributed by atoms with Crippen LogP contribution in [0.1, 0.15) is 44.7 Å². The van der Waals surface area contributed by atoms with E-state index in [2.05, 4.69) is 5.32 Å². The van der Waals surface area contributed by atoms with Gasteiger partial charge in [0.1, 0.15) is 11.8 Å². The number of halogens is 1.